The zero-order valence-corrected chi connectivity index (χ0v) is 12.9. The molecule has 0 bridgehead atoms. The second-order valence-corrected chi connectivity index (χ2v) is 6.32. The zero-order chi connectivity index (χ0) is 13.8. The Hall–Kier alpha value is -0.870. The van der Waals surface area contributed by atoms with Crippen LogP contribution in [0.25, 0.3) is 0 Å². The Bertz CT molecular complexity index is 453. The van der Waals surface area contributed by atoms with Gasteiger partial charge >= 0.3 is 0 Å². The van der Waals surface area contributed by atoms with Crippen molar-refractivity contribution in [1.29, 1.82) is 0 Å². The number of hydrogen-bond donors (Lipinski definition) is 2. The fraction of sp³-hybridized carbons (Fsp3) is 0.533. The summed E-state index contributed by atoms with van der Waals surface area (Å²) in [5.74, 6) is 0.318. The summed E-state index contributed by atoms with van der Waals surface area (Å²) in [4.78, 5) is 12.1. The summed E-state index contributed by atoms with van der Waals surface area (Å²) >= 11 is 3.46. The maximum absolute atomic E-state index is 12.1. The first-order valence-corrected chi connectivity index (χ1v) is 7.64. The SMILES string of the molecule is Cc1ccc(Br)cc1CNC(=O)C1CCC(N)CC1. The van der Waals surface area contributed by atoms with Crippen molar-refractivity contribution in [3.8, 4) is 0 Å². The van der Waals surface area contributed by atoms with Crippen LogP contribution in [0, 0.1) is 12.8 Å². The molecule has 0 aromatic heterocycles. The maximum Gasteiger partial charge on any atom is 0.223 e. The molecule has 0 aliphatic heterocycles. The Kier molecular flexibility index (Phi) is 4.99. The maximum atomic E-state index is 12.1. The standard InChI is InChI=1S/C15H21BrN2O/c1-10-2-5-13(16)8-12(10)9-18-15(19)11-3-6-14(17)7-4-11/h2,5,8,11,14H,3-4,6-7,9,17H2,1H3,(H,18,19). The molecule has 104 valence electrons. The number of nitrogens with one attached hydrogen (secondary N) is 1. The minimum atomic E-state index is 0.146. The smallest absolute Gasteiger partial charge is 0.223 e. The third kappa shape index (κ3) is 4.05. The molecule has 3 N–H and O–H groups in total. The zero-order valence-electron chi connectivity index (χ0n) is 11.3. The van der Waals surface area contributed by atoms with Gasteiger partial charge in [0, 0.05) is 23.0 Å². The van der Waals surface area contributed by atoms with Crippen LogP contribution in [0.5, 0.6) is 0 Å². The topological polar surface area (TPSA) is 55.1 Å². The normalized spacial score (nSPS) is 23.1. The van der Waals surface area contributed by atoms with E-state index in [2.05, 4.69) is 40.3 Å². The van der Waals surface area contributed by atoms with Gasteiger partial charge in [-0.15, -0.1) is 0 Å². The van der Waals surface area contributed by atoms with Gasteiger partial charge in [-0.05, 0) is 55.9 Å². The predicted octanol–water partition coefficient (Wildman–Crippen LogP) is 2.89. The van der Waals surface area contributed by atoms with Gasteiger partial charge in [-0.3, -0.25) is 4.79 Å². The van der Waals surface area contributed by atoms with Gasteiger partial charge in [0.15, 0.2) is 0 Å². The van der Waals surface area contributed by atoms with E-state index in [1.807, 2.05) is 6.07 Å². The van der Waals surface area contributed by atoms with Gasteiger partial charge in [0.1, 0.15) is 0 Å². The molecule has 19 heavy (non-hydrogen) atoms. The number of nitrogens with two attached hydrogens (primary N) is 1. The van der Waals surface area contributed by atoms with Gasteiger partial charge in [0.25, 0.3) is 0 Å². The van der Waals surface area contributed by atoms with Crippen LogP contribution in [0.2, 0.25) is 0 Å². The van der Waals surface area contributed by atoms with Crippen LogP contribution < -0.4 is 11.1 Å². The Morgan fingerprint density at radius 1 is 1.37 bits per heavy atom. The molecule has 3 nitrogen and oxygen atoms in total. The van der Waals surface area contributed by atoms with E-state index in [1.54, 1.807) is 0 Å². The van der Waals surface area contributed by atoms with Crippen molar-refractivity contribution in [1.82, 2.24) is 5.32 Å². The van der Waals surface area contributed by atoms with Crippen molar-refractivity contribution < 1.29 is 4.79 Å². The largest absolute Gasteiger partial charge is 0.352 e. The number of aryl methyl sites for hydroxylation is 1. The van der Waals surface area contributed by atoms with E-state index in [4.69, 9.17) is 5.73 Å². The fourth-order valence-corrected chi connectivity index (χ4v) is 2.95. The number of carbonyl (C=O) groups excluding carboxylic acids is 1. The number of amides is 1. The van der Waals surface area contributed by atoms with Crippen LogP contribution in [-0.4, -0.2) is 11.9 Å². The van der Waals surface area contributed by atoms with Crippen molar-refractivity contribution in [3.63, 3.8) is 0 Å². The van der Waals surface area contributed by atoms with Crippen LogP contribution in [0.4, 0.5) is 0 Å². The number of hydrogen-bond acceptors (Lipinski definition) is 2. The lowest BCUT2D eigenvalue weighted by Crippen LogP contribution is -2.36. The predicted molar refractivity (Wildman–Crippen MR) is 80.7 cm³/mol. The Balaban J connectivity index is 1.88. The summed E-state index contributed by atoms with van der Waals surface area (Å²) in [5.41, 5.74) is 8.23. The van der Waals surface area contributed by atoms with Gasteiger partial charge in [-0.25, -0.2) is 0 Å². The lowest BCUT2D eigenvalue weighted by atomic mass is 9.86. The molecule has 1 aliphatic carbocycles. The molecule has 1 aliphatic rings. The molecule has 0 spiro atoms. The average molecular weight is 325 g/mol. The van der Waals surface area contributed by atoms with Crippen molar-refractivity contribution in [2.45, 2.75) is 45.2 Å². The monoisotopic (exact) mass is 324 g/mol. The van der Waals surface area contributed by atoms with E-state index in [9.17, 15) is 4.79 Å². The van der Waals surface area contributed by atoms with E-state index in [1.165, 1.54) is 5.56 Å². The van der Waals surface area contributed by atoms with E-state index in [0.29, 0.717) is 6.54 Å². The summed E-state index contributed by atoms with van der Waals surface area (Å²) in [7, 11) is 0. The van der Waals surface area contributed by atoms with Crippen molar-refractivity contribution >= 4 is 21.8 Å². The van der Waals surface area contributed by atoms with E-state index in [0.717, 1.165) is 35.7 Å². The fourth-order valence-electron chi connectivity index (χ4n) is 2.54. The summed E-state index contributed by atoms with van der Waals surface area (Å²) in [5, 5.41) is 3.05. The molecular weight excluding hydrogens is 304 g/mol. The molecule has 1 amide bonds. The summed E-state index contributed by atoms with van der Waals surface area (Å²) in [6.07, 6.45) is 3.77. The third-order valence-corrected chi connectivity index (χ3v) is 4.40. The van der Waals surface area contributed by atoms with Gasteiger partial charge in [0.2, 0.25) is 5.91 Å². The Labute approximate surface area is 123 Å². The first-order chi connectivity index (χ1) is 9.06. The van der Waals surface area contributed by atoms with Crippen LogP contribution in [-0.2, 0) is 11.3 Å². The number of halogens is 1. The molecular formula is C15H21BrN2O. The first-order valence-electron chi connectivity index (χ1n) is 6.84. The first kappa shape index (κ1) is 14.5. The average Bonchev–Trinajstić information content (AvgIpc) is 2.40. The highest BCUT2D eigenvalue weighted by Gasteiger charge is 2.24. The quantitative estimate of drug-likeness (QED) is 0.898. The van der Waals surface area contributed by atoms with Gasteiger partial charge in [-0.1, -0.05) is 22.0 Å². The van der Waals surface area contributed by atoms with E-state index in [-0.39, 0.29) is 17.9 Å². The molecule has 0 radical (unpaired) electrons. The minimum absolute atomic E-state index is 0.146. The number of benzene rings is 1. The number of carbonyl (C=O) groups is 1. The Morgan fingerprint density at radius 3 is 2.74 bits per heavy atom. The van der Waals surface area contributed by atoms with Crippen molar-refractivity contribution in [3.05, 3.63) is 33.8 Å². The molecule has 0 saturated heterocycles. The highest BCUT2D eigenvalue weighted by atomic mass is 79.9. The molecule has 0 heterocycles. The van der Waals surface area contributed by atoms with Gasteiger partial charge < -0.3 is 11.1 Å². The Morgan fingerprint density at radius 2 is 2.05 bits per heavy atom. The van der Waals surface area contributed by atoms with Crippen molar-refractivity contribution in [2.75, 3.05) is 0 Å². The highest BCUT2D eigenvalue weighted by Crippen LogP contribution is 2.23. The van der Waals surface area contributed by atoms with Gasteiger partial charge in [-0.2, -0.15) is 0 Å². The number of rotatable bonds is 3. The molecule has 1 saturated carbocycles. The minimum Gasteiger partial charge on any atom is -0.352 e. The van der Waals surface area contributed by atoms with Crippen LogP contribution in [0.3, 0.4) is 0 Å². The molecule has 2 rings (SSSR count). The third-order valence-electron chi connectivity index (χ3n) is 3.91. The highest BCUT2D eigenvalue weighted by molar-refractivity contribution is 9.10. The molecule has 4 heteroatoms. The summed E-state index contributed by atoms with van der Waals surface area (Å²) in [6.45, 7) is 2.67. The lowest BCUT2D eigenvalue weighted by Gasteiger charge is -2.25. The molecule has 1 aromatic carbocycles. The molecule has 0 unspecified atom stereocenters. The molecule has 1 aromatic rings. The van der Waals surface area contributed by atoms with Crippen LogP contribution >= 0.6 is 15.9 Å². The van der Waals surface area contributed by atoms with Crippen molar-refractivity contribution in [2.24, 2.45) is 11.7 Å². The van der Waals surface area contributed by atoms with E-state index < -0.39 is 0 Å². The lowest BCUT2D eigenvalue weighted by molar-refractivity contribution is -0.126. The molecule has 0 atom stereocenters. The van der Waals surface area contributed by atoms with Crippen LogP contribution in [0.15, 0.2) is 22.7 Å². The summed E-state index contributed by atoms with van der Waals surface area (Å²) in [6, 6.07) is 6.43. The summed E-state index contributed by atoms with van der Waals surface area (Å²) < 4.78 is 1.05. The second-order valence-electron chi connectivity index (χ2n) is 5.40. The second kappa shape index (κ2) is 6.53. The van der Waals surface area contributed by atoms with Crippen LogP contribution in [0.1, 0.15) is 36.8 Å². The van der Waals surface area contributed by atoms with E-state index >= 15 is 0 Å². The molecule has 1 fully saturated rings. The van der Waals surface area contributed by atoms with Gasteiger partial charge in [0.05, 0.1) is 0 Å².